The predicted octanol–water partition coefficient (Wildman–Crippen LogP) is 19.0. The van der Waals surface area contributed by atoms with E-state index in [4.69, 9.17) is 14.2 Å². The highest BCUT2D eigenvalue weighted by Gasteiger charge is 2.38. The zero-order valence-corrected chi connectivity index (χ0v) is 44.4. The summed E-state index contributed by atoms with van der Waals surface area (Å²) in [4.78, 5) is 8.68. The number of hydrogen-bond acceptors (Lipinski definition) is 7. The first-order chi connectivity index (χ1) is 34.1. The van der Waals surface area contributed by atoms with Crippen molar-refractivity contribution in [3.8, 4) is 68.8 Å². The van der Waals surface area contributed by atoms with Crippen LogP contribution in [0.25, 0.3) is 52.2 Å². The summed E-state index contributed by atoms with van der Waals surface area (Å²) in [7, 11) is 1.78. The average Bonchev–Trinajstić information content (AvgIpc) is 4.19. The van der Waals surface area contributed by atoms with Crippen LogP contribution in [0.1, 0.15) is 126 Å². The molecule has 0 fully saturated rings. The topological polar surface area (TPSA) is 30.9 Å². The second-order valence-electron chi connectivity index (χ2n) is 20.5. The molecule has 4 heterocycles. The normalized spacial score (nSPS) is 14.6. The Hall–Kier alpha value is -5.60. The van der Waals surface area contributed by atoms with Crippen molar-refractivity contribution in [2.45, 2.75) is 117 Å². The zero-order valence-electron chi connectivity index (χ0n) is 41.9. The van der Waals surface area contributed by atoms with E-state index in [-0.39, 0.29) is 10.8 Å². The first-order valence-corrected chi connectivity index (χ1v) is 28.2. The monoisotopic (exact) mass is 979 g/mol. The van der Waals surface area contributed by atoms with Gasteiger partial charge in [0.1, 0.15) is 13.2 Å². The molecule has 3 aliphatic rings. The van der Waals surface area contributed by atoms with Gasteiger partial charge >= 0.3 is 0 Å². The van der Waals surface area contributed by atoms with E-state index in [1.807, 2.05) is 22.7 Å². The van der Waals surface area contributed by atoms with Crippen molar-refractivity contribution in [3.05, 3.63) is 155 Å². The number of fused-ring (bicyclic) bond motifs is 7. The fourth-order valence-electron chi connectivity index (χ4n) is 11.5. The number of benzene rings is 5. The number of rotatable bonds is 17. The van der Waals surface area contributed by atoms with E-state index in [0.717, 1.165) is 35.1 Å². The predicted molar refractivity (Wildman–Crippen MR) is 299 cm³/mol. The molecule has 1 aliphatic heterocycles. The lowest BCUT2D eigenvalue weighted by molar-refractivity contribution is 0.175. The molecular formula is C63H65NO3S3. The third-order valence-electron chi connectivity index (χ3n) is 15.3. The lowest BCUT2D eigenvalue weighted by Gasteiger charge is -2.30. The zero-order chi connectivity index (χ0) is 48.1. The Morgan fingerprint density at radius 1 is 0.486 bits per heavy atom. The van der Waals surface area contributed by atoms with Crippen LogP contribution in [0.15, 0.2) is 121 Å². The van der Waals surface area contributed by atoms with Crippen LogP contribution in [0, 0.1) is 0 Å². The third-order valence-corrected chi connectivity index (χ3v) is 19.1. The maximum absolute atomic E-state index is 6.57. The molecule has 0 bridgehead atoms. The summed E-state index contributed by atoms with van der Waals surface area (Å²) in [5, 5.41) is 0.951. The Morgan fingerprint density at radius 3 is 1.56 bits per heavy atom. The molecule has 0 saturated heterocycles. The minimum Gasteiger partial charge on any atom is -0.487 e. The Bertz CT molecular complexity index is 3090. The van der Waals surface area contributed by atoms with Crippen molar-refractivity contribution in [2.24, 2.45) is 0 Å². The van der Waals surface area contributed by atoms with Gasteiger partial charge in [0.25, 0.3) is 0 Å². The number of anilines is 3. The molecule has 7 heteroatoms. The number of thiophene rings is 3. The van der Waals surface area contributed by atoms with Crippen LogP contribution in [0.2, 0.25) is 0 Å². The highest BCUT2D eigenvalue weighted by molar-refractivity contribution is 7.28. The molecular weight excluding hydrogens is 915 g/mol. The van der Waals surface area contributed by atoms with Crippen molar-refractivity contribution in [1.82, 2.24) is 0 Å². The molecule has 2 aliphatic carbocycles. The smallest absolute Gasteiger partial charge is 0.181 e. The van der Waals surface area contributed by atoms with Crippen LogP contribution in [0.5, 0.6) is 16.6 Å². The van der Waals surface area contributed by atoms with E-state index >= 15 is 0 Å². The molecule has 11 rings (SSSR count). The van der Waals surface area contributed by atoms with E-state index in [9.17, 15) is 0 Å². The quantitative estimate of drug-likeness (QED) is 0.0851. The molecule has 358 valence electrons. The van der Waals surface area contributed by atoms with Gasteiger partial charge in [-0.15, -0.1) is 22.7 Å². The molecule has 0 unspecified atom stereocenters. The summed E-state index contributed by atoms with van der Waals surface area (Å²) < 4.78 is 18.9. The largest absolute Gasteiger partial charge is 0.487 e. The molecule has 0 spiro atoms. The van der Waals surface area contributed by atoms with Gasteiger partial charge in [-0.2, -0.15) is 0 Å². The molecule has 8 aromatic rings. The number of unbranched alkanes of at least 4 members (excludes halogenated alkanes) is 6. The number of ether oxygens (including phenoxy) is 3. The molecule has 0 atom stereocenters. The number of aryl methyl sites for hydroxylation is 2. The number of methoxy groups -OCH3 is 1. The van der Waals surface area contributed by atoms with Crippen LogP contribution in [0.3, 0.4) is 0 Å². The van der Waals surface area contributed by atoms with Crippen LogP contribution in [0.4, 0.5) is 17.1 Å². The number of nitrogens with zero attached hydrogens (tertiary/aromatic N) is 1. The van der Waals surface area contributed by atoms with Gasteiger partial charge in [-0.05, 0) is 135 Å². The Labute approximate surface area is 427 Å². The van der Waals surface area contributed by atoms with Crippen LogP contribution in [-0.2, 0) is 23.7 Å². The van der Waals surface area contributed by atoms with Gasteiger partial charge in [0.2, 0.25) is 0 Å². The Kier molecular flexibility index (Phi) is 12.8. The van der Waals surface area contributed by atoms with Gasteiger partial charge in [0.05, 0.1) is 21.7 Å². The van der Waals surface area contributed by atoms with Crippen molar-refractivity contribution in [3.63, 3.8) is 0 Å². The highest BCUT2D eigenvalue weighted by Crippen LogP contribution is 2.59. The van der Waals surface area contributed by atoms with E-state index in [0.29, 0.717) is 13.2 Å². The van der Waals surface area contributed by atoms with Crippen LogP contribution >= 0.6 is 34.0 Å². The van der Waals surface area contributed by atoms with Crippen molar-refractivity contribution < 1.29 is 14.2 Å². The van der Waals surface area contributed by atoms with Gasteiger partial charge in [-0.3, -0.25) is 0 Å². The van der Waals surface area contributed by atoms with E-state index < -0.39 is 0 Å². The van der Waals surface area contributed by atoms with Gasteiger partial charge < -0.3 is 19.1 Å². The molecule has 0 N–H and O–H groups in total. The first kappa shape index (κ1) is 46.8. The summed E-state index contributed by atoms with van der Waals surface area (Å²) in [5.74, 6) is 1.79. The average molecular weight is 980 g/mol. The lowest BCUT2D eigenvalue weighted by atomic mass is 9.82. The minimum atomic E-state index is -0.115. The van der Waals surface area contributed by atoms with Gasteiger partial charge in [0.15, 0.2) is 16.6 Å². The molecule has 4 nitrogen and oxygen atoms in total. The first-order valence-electron chi connectivity index (χ1n) is 25.7. The highest BCUT2D eigenvalue weighted by atomic mass is 32.1. The van der Waals surface area contributed by atoms with Crippen molar-refractivity contribution >= 4 is 51.1 Å². The summed E-state index contributed by atoms with van der Waals surface area (Å²) in [5.41, 5.74) is 18.1. The maximum Gasteiger partial charge on any atom is 0.181 e. The lowest BCUT2D eigenvalue weighted by Crippen LogP contribution is -2.18. The Morgan fingerprint density at radius 2 is 1.00 bits per heavy atom. The molecule has 0 amide bonds. The summed E-state index contributed by atoms with van der Waals surface area (Å²) in [6.45, 7) is 15.2. The standard InChI is InChI=1S/C63H65NO3S3/c1-8-10-12-14-20-41-36-54(60-56-57(67-35-34-66-56)61(70-60)59-42(21-15-13-11-9-2)37-55(65-7)69-59)68-58(41)40-26-28-43(29-27-40)64(44-30-32-48-46-22-16-18-24-50(46)62(3,4)52(48)38-44)45-31-33-49-47-23-17-19-25-51(47)63(5,6)53(49)39-45/h16-19,22-33,36-39H,8-15,20-21,34-35H2,1-7H3. The van der Waals surface area contributed by atoms with E-state index in [1.165, 1.54) is 148 Å². The van der Waals surface area contributed by atoms with Crippen molar-refractivity contribution in [2.75, 3.05) is 25.2 Å². The van der Waals surface area contributed by atoms with E-state index in [1.54, 1.807) is 18.4 Å². The molecule has 0 saturated carbocycles. The molecule has 5 aromatic carbocycles. The summed E-state index contributed by atoms with van der Waals surface area (Å²) in [6.07, 6.45) is 11.9. The van der Waals surface area contributed by atoms with Crippen LogP contribution in [-0.4, -0.2) is 20.3 Å². The van der Waals surface area contributed by atoms with Crippen LogP contribution < -0.4 is 19.1 Å². The maximum atomic E-state index is 6.57. The third kappa shape index (κ3) is 8.20. The Balaban J connectivity index is 0.998. The van der Waals surface area contributed by atoms with Crippen molar-refractivity contribution in [1.29, 1.82) is 0 Å². The second-order valence-corrected chi connectivity index (χ2v) is 23.6. The fourth-order valence-corrected chi connectivity index (χ4v) is 15.2. The second kappa shape index (κ2) is 19.2. The van der Waals surface area contributed by atoms with Gasteiger partial charge in [-0.1, -0.05) is 164 Å². The molecule has 70 heavy (non-hydrogen) atoms. The fraction of sp³-hybridized carbons (Fsp3) is 0.333. The SMILES string of the molecule is CCCCCCc1cc(-c2sc(-c3sc(OC)cc3CCCCCC)c3c2OCCO3)sc1-c1ccc(N(c2ccc3c(c2)C(C)(C)c2ccccc2-3)c2ccc3c(c2)C(C)(C)c2ccccc2-3)cc1. The van der Waals surface area contributed by atoms with Gasteiger partial charge in [-0.25, -0.2) is 0 Å². The number of hydrogen-bond donors (Lipinski definition) is 0. The molecule has 0 radical (unpaired) electrons. The molecule has 3 aromatic heterocycles. The summed E-state index contributed by atoms with van der Waals surface area (Å²) in [6, 6.07) is 46.3. The minimum absolute atomic E-state index is 0.115. The van der Waals surface area contributed by atoms with Gasteiger partial charge in [0, 0.05) is 37.6 Å². The van der Waals surface area contributed by atoms with E-state index in [2.05, 4.69) is 168 Å². The summed E-state index contributed by atoms with van der Waals surface area (Å²) >= 11 is 5.47.